The van der Waals surface area contributed by atoms with Gasteiger partial charge < -0.3 is 19.1 Å². The maximum absolute atomic E-state index is 12.2. The molecule has 0 unspecified atom stereocenters. The first-order chi connectivity index (χ1) is 8.11. The molecule has 0 bridgehead atoms. The largest absolute Gasteiger partial charge is 0.395 e. The molecule has 0 amide bonds. The number of rotatable bonds is 11. The lowest BCUT2D eigenvalue weighted by Gasteiger charge is -2.23. The summed E-state index contributed by atoms with van der Waals surface area (Å²) < 4.78 is 22.6. The van der Waals surface area contributed by atoms with Gasteiger partial charge in [0, 0.05) is 13.1 Å². The molecule has 0 aromatic heterocycles. The molecule has 0 heterocycles. The van der Waals surface area contributed by atoms with E-state index >= 15 is 0 Å². The Morgan fingerprint density at radius 2 is 1.65 bits per heavy atom. The summed E-state index contributed by atoms with van der Waals surface area (Å²) >= 11 is 0. The first kappa shape index (κ1) is 17.1. The molecule has 17 heavy (non-hydrogen) atoms. The van der Waals surface area contributed by atoms with E-state index in [4.69, 9.17) is 14.2 Å². The molecule has 0 saturated carbocycles. The average Bonchev–Trinajstić information content (AvgIpc) is 2.27. The fourth-order valence-electron chi connectivity index (χ4n) is 1.62. The first-order valence-electron chi connectivity index (χ1n) is 6.33. The molecule has 0 rings (SSSR count). The van der Waals surface area contributed by atoms with Gasteiger partial charge in [0.1, 0.15) is 0 Å². The number of hydrogen-bond donors (Lipinski definition) is 1. The molecule has 0 aromatic rings. The van der Waals surface area contributed by atoms with Gasteiger partial charge in [-0.05, 0) is 26.8 Å². The second-order valence-electron chi connectivity index (χ2n) is 3.74. The minimum Gasteiger partial charge on any atom is -0.395 e. The Morgan fingerprint density at radius 3 is 2.06 bits per heavy atom. The minimum atomic E-state index is -2.94. The van der Waals surface area contributed by atoms with Crippen LogP contribution in [0.4, 0.5) is 0 Å². The normalized spacial score (nSPS) is 12.3. The van der Waals surface area contributed by atoms with Gasteiger partial charge in [0.2, 0.25) is 0 Å². The molecule has 0 fully saturated rings. The second-order valence-corrected chi connectivity index (χ2v) is 5.92. The smallest absolute Gasteiger partial charge is 0.331 e. The minimum absolute atomic E-state index is 0.119. The van der Waals surface area contributed by atoms with E-state index in [2.05, 4.69) is 11.8 Å². The molecule has 0 radical (unpaired) electrons. The highest BCUT2D eigenvalue weighted by molar-refractivity contribution is 7.53. The Labute approximate surface area is 105 Å². The molecule has 0 saturated heterocycles. The van der Waals surface area contributed by atoms with Crippen molar-refractivity contribution < 1.29 is 18.7 Å². The summed E-state index contributed by atoms with van der Waals surface area (Å²) in [5.41, 5.74) is 0. The van der Waals surface area contributed by atoms with Crippen LogP contribution in [0.15, 0.2) is 0 Å². The molecule has 0 aliphatic heterocycles. The number of aliphatic hydroxyl groups is 1. The van der Waals surface area contributed by atoms with Crippen LogP contribution >= 0.6 is 7.60 Å². The number of aliphatic hydroxyl groups excluding tert-OH is 1. The Balaban J connectivity index is 4.20. The fourth-order valence-corrected chi connectivity index (χ4v) is 3.26. The third kappa shape index (κ3) is 7.90. The van der Waals surface area contributed by atoms with E-state index in [0.717, 1.165) is 13.0 Å². The maximum atomic E-state index is 12.2. The average molecular weight is 267 g/mol. The molecule has 1 N–H and O–H groups in total. The highest BCUT2D eigenvalue weighted by Gasteiger charge is 2.24. The predicted octanol–water partition coefficient (Wildman–Crippen LogP) is 1.96. The topological polar surface area (TPSA) is 59.0 Å². The van der Waals surface area contributed by atoms with Crippen LogP contribution in [0, 0.1) is 0 Å². The fraction of sp³-hybridized carbons (Fsp3) is 1.00. The zero-order valence-corrected chi connectivity index (χ0v) is 12.1. The van der Waals surface area contributed by atoms with E-state index < -0.39 is 7.60 Å². The van der Waals surface area contributed by atoms with E-state index in [9.17, 15) is 4.57 Å². The summed E-state index contributed by atoms with van der Waals surface area (Å²) in [4.78, 5) is 2.07. The van der Waals surface area contributed by atoms with Crippen molar-refractivity contribution in [1.82, 2.24) is 4.90 Å². The third-order valence-corrected chi connectivity index (χ3v) is 4.35. The van der Waals surface area contributed by atoms with Gasteiger partial charge in [0.15, 0.2) is 0 Å². The van der Waals surface area contributed by atoms with Gasteiger partial charge >= 0.3 is 7.60 Å². The number of nitrogens with zero attached hydrogens (tertiary/aromatic N) is 1. The van der Waals surface area contributed by atoms with E-state index in [1.807, 2.05) is 13.8 Å². The molecular formula is C11H26NO4P. The lowest BCUT2D eigenvalue weighted by atomic mass is 10.4. The van der Waals surface area contributed by atoms with Gasteiger partial charge in [-0.1, -0.05) is 6.92 Å². The standard InChI is InChI=1S/C11H26NO4P/c1-4-7-12(8-10-13)9-11-17(14,15-5-2)16-6-3/h13H,4-11H2,1-3H3. The lowest BCUT2D eigenvalue weighted by Crippen LogP contribution is -2.30. The molecule has 0 aromatic carbocycles. The van der Waals surface area contributed by atoms with Crippen LogP contribution in [0.5, 0.6) is 0 Å². The SMILES string of the molecule is CCCN(CCO)CCP(=O)(OCC)OCC. The van der Waals surface area contributed by atoms with E-state index in [0.29, 0.717) is 32.5 Å². The van der Waals surface area contributed by atoms with Crippen molar-refractivity contribution in [3.63, 3.8) is 0 Å². The zero-order valence-electron chi connectivity index (χ0n) is 11.2. The molecular weight excluding hydrogens is 241 g/mol. The van der Waals surface area contributed by atoms with Gasteiger partial charge in [0.05, 0.1) is 26.0 Å². The van der Waals surface area contributed by atoms with Crippen LogP contribution in [0.3, 0.4) is 0 Å². The van der Waals surface area contributed by atoms with Crippen molar-refractivity contribution in [2.24, 2.45) is 0 Å². The summed E-state index contributed by atoms with van der Waals surface area (Å²) in [5.74, 6) is 0. The Kier molecular flexibility index (Phi) is 10.1. The van der Waals surface area contributed by atoms with Crippen molar-refractivity contribution in [3.05, 3.63) is 0 Å². The predicted molar refractivity (Wildman–Crippen MR) is 69.5 cm³/mol. The highest BCUT2D eigenvalue weighted by Crippen LogP contribution is 2.47. The van der Waals surface area contributed by atoms with Gasteiger partial charge in [-0.3, -0.25) is 4.57 Å². The Hall–Kier alpha value is 0.0700. The first-order valence-corrected chi connectivity index (χ1v) is 8.06. The molecule has 5 nitrogen and oxygen atoms in total. The van der Waals surface area contributed by atoms with E-state index in [-0.39, 0.29) is 6.61 Å². The monoisotopic (exact) mass is 267 g/mol. The lowest BCUT2D eigenvalue weighted by molar-refractivity contribution is 0.189. The van der Waals surface area contributed by atoms with E-state index in [1.54, 1.807) is 0 Å². The molecule has 0 spiro atoms. The van der Waals surface area contributed by atoms with Crippen LogP contribution < -0.4 is 0 Å². The van der Waals surface area contributed by atoms with Crippen molar-refractivity contribution in [3.8, 4) is 0 Å². The summed E-state index contributed by atoms with van der Waals surface area (Å²) in [6.07, 6.45) is 1.39. The number of hydrogen-bond acceptors (Lipinski definition) is 5. The summed E-state index contributed by atoms with van der Waals surface area (Å²) in [7, 11) is -2.94. The van der Waals surface area contributed by atoms with Crippen molar-refractivity contribution in [2.75, 3.05) is 45.6 Å². The van der Waals surface area contributed by atoms with Gasteiger partial charge in [-0.15, -0.1) is 0 Å². The molecule has 0 atom stereocenters. The summed E-state index contributed by atoms with van der Waals surface area (Å²) in [6.45, 7) is 8.72. The molecule has 104 valence electrons. The summed E-state index contributed by atoms with van der Waals surface area (Å²) in [5, 5.41) is 8.93. The van der Waals surface area contributed by atoms with Crippen molar-refractivity contribution >= 4 is 7.60 Å². The van der Waals surface area contributed by atoms with Gasteiger partial charge in [-0.2, -0.15) is 0 Å². The van der Waals surface area contributed by atoms with Crippen molar-refractivity contribution in [2.45, 2.75) is 27.2 Å². The van der Waals surface area contributed by atoms with Gasteiger partial charge in [0.25, 0.3) is 0 Å². The van der Waals surface area contributed by atoms with Gasteiger partial charge in [-0.25, -0.2) is 0 Å². The molecule has 0 aliphatic carbocycles. The highest BCUT2D eigenvalue weighted by atomic mass is 31.2. The Bertz CT molecular complexity index is 210. The maximum Gasteiger partial charge on any atom is 0.331 e. The molecule has 0 aliphatic rings. The molecule has 6 heteroatoms. The summed E-state index contributed by atoms with van der Waals surface area (Å²) in [6, 6.07) is 0. The zero-order chi connectivity index (χ0) is 13.1. The van der Waals surface area contributed by atoms with E-state index in [1.165, 1.54) is 0 Å². The van der Waals surface area contributed by atoms with Crippen LogP contribution in [-0.2, 0) is 13.6 Å². The second kappa shape index (κ2) is 10.0. The van der Waals surface area contributed by atoms with Crippen LogP contribution in [0.1, 0.15) is 27.2 Å². The Morgan fingerprint density at radius 1 is 1.06 bits per heavy atom. The quantitative estimate of drug-likeness (QED) is 0.580. The van der Waals surface area contributed by atoms with Crippen molar-refractivity contribution in [1.29, 1.82) is 0 Å². The third-order valence-electron chi connectivity index (χ3n) is 2.30. The van der Waals surface area contributed by atoms with Crippen LogP contribution in [0.2, 0.25) is 0 Å². The van der Waals surface area contributed by atoms with Crippen LogP contribution in [0.25, 0.3) is 0 Å². The van der Waals surface area contributed by atoms with Crippen LogP contribution in [-0.4, -0.2) is 55.6 Å².